The van der Waals surface area contributed by atoms with Crippen molar-refractivity contribution in [1.82, 2.24) is 30.2 Å². The highest BCUT2D eigenvalue weighted by atomic mass is 16.2. The molecule has 0 spiro atoms. The minimum atomic E-state index is -0.0147. The molecule has 2 fully saturated rings. The minimum absolute atomic E-state index is 0.0147. The number of hydrogen-bond acceptors (Lipinski definition) is 4. The largest absolute Gasteiger partial charge is 0.347 e. The Balaban J connectivity index is 1.03. The smallest absolute Gasteiger partial charge is 0.227 e. The number of nitrogens with one attached hydrogen (secondary N) is 3. The molecule has 2 aromatic heterocycles. The number of aromatic amines is 2. The van der Waals surface area contributed by atoms with Gasteiger partial charge in [-0.15, -0.1) is 0 Å². The van der Waals surface area contributed by atoms with Gasteiger partial charge in [-0.25, -0.2) is 9.97 Å². The summed E-state index contributed by atoms with van der Waals surface area (Å²) in [7, 11) is 0. The van der Waals surface area contributed by atoms with Crippen LogP contribution in [-0.4, -0.2) is 43.8 Å². The maximum atomic E-state index is 13.2. The second-order valence-electron chi connectivity index (χ2n) is 12.2. The van der Waals surface area contributed by atoms with Gasteiger partial charge in [0.05, 0.1) is 29.9 Å². The minimum Gasteiger partial charge on any atom is -0.347 e. The molecule has 2 aliphatic rings. The Morgan fingerprint density at radius 2 is 1.40 bits per heavy atom. The Labute approximate surface area is 262 Å². The predicted octanol–water partition coefficient (Wildman–Crippen LogP) is 7.62. The van der Waals surface area contributed by atoms with Crippen LogP contribution in [-0.2, 0) is 11.2 Å². The van der Waals surface area contributed by atoms with Crippen molar-refractivity contribution in [2.75, 3.05) is 13.1 Å². The van der Waals surface area contributed by atoms with Crippen LogP contribution < -0.4 is 5.32 Å². The summed E-state index contributed by atoms with van der Waals surface area (Å²) in [6, 6.07) is 31.9. The Morgan fingerprint density at radius 3 is 2.20 bits per heavy atom. The van der Waals surface area contributed by atoms with Crippen LogP contribution >= 0.6 is 0 Å². The number of amides is 1. The molecular weight excluding hydrogens is 556 g/mol. The SMILES string of the molecule is O=C(Cc1ccccc1)N1CCC[C@H]1c1nc(-c2ccc(-c3ccc(-c4c[nH]c([C@@H]5CCCN5)n4)c4ccccc34)cc2)c[nH]1. The van der Waals surface area contributed by atoms with Crippen LogP contribution in [0.2, 0.25) is 0 Å². The fraction of sp³-hybridized carbons (Fsp3) is 0.237. The molecule has 0 saturated carbocycles. The van der Waals surface area contributed by atoms with Crippen LogP contribution in [0.15, 0.2) is 103 Å². The van der Waals surface area contributed by atoms with E-state index in [0.29, 0.717) is 12.5 Å². The highest BCUT2D eigenvalue weighted by Crippen LogP contribution is 2.37. The second kappa shape index (κ2) is 11.8. The highest BCUT2D eigenvalue weighted by molar-refractivity contribution is 6.04. The van der Waals surface area contributed by atoms with E-state index >= 15 is 0 Å². The van der Waals surface area contributed by atoms with E-state index in [2.05, 4.69) is 75.9 Å². The number of benzene rings is 4. The molecule has 7 heteroatoms. The van der Waals surface area contributed by atoms with E-state index in [0.717, 1.165) is 77.6 Å². The van der Waals surface area contributed by atoms with Gasteiger partial charge in [0.1, 0.15) is 11.6 Å². The molecule has 2 atom stereocenters. The fourth-order valence-corrected chi connectivity index (χ4v) is 7.04. The van der Waals surface area contributed by atoms with E-state index in [4.69, 9.17) is 9.97 Å². The van der Waals surface area contributed by atoms with Gasteiger partial charge in [-0.1, -0.05) is 91.0 Å². The van der Waals surface area contributed by atoms with Crippen molar-refractivity contribution in [3.05, 3.63) is 121 Å². The van der Waals surface area contributed by atoms with Crippen molar-refractivity contribution < 1.29 is 4.79 Å². The monoisotopic (exact) mass is 592 g/mol. The van der Waals surface area contributed by atoms with Gasteiger partial charge in [0.15, 0.2) is 0 Å². The first-order valence-electron chi connectivity index (χ1n) is 16.0. The van der Waals surface area contributed by atoms with E-state index in [1.807, 2.05) is 47.6 Å². The molecule has 4 aromatic carbocycles. The number of H-pyrrole nitrogens is 2. The van der Waals surface area contributed by atoms with Crippen LogP contribution in [0.3, 0.4) is 0 Å². The molecule has 2 saturated heterocycles. The van der Waals surface area contributed by atoms with E-state index in [1.54, 1.807) is 0 Å². The van der Waals surface area contributed by atoms with Crippen LogP contribution in [0.1, 0.15) is 55.0 Å². The molecule has 0 bridgehead atoms. The first kappa shape index (κ1) is 27.5. The molecule has 1 amide bonds. The van der Waals surface area contributed by atoms with Gasteiger partial charge in [0, 0.05) is 30.1 Å². The molecule has 7 nitrogen and oxygen atoms in total. The van der Waals surface area contributed by atoms with E-state index < -0.39 is 0 Å². The lowest BCUT2D eigenvalue weighted by atomic mass is 9.93. The first-order valence-corrected chi connectivity index (χ1v) is 16.0. The molecule has 4 heterocycles. The Morgan fingerprint density at radius 1 is 0.711 bits per heavy atom. The molecule has 0 radical (unpaired) electrons. The first-order chi connectivity index (χ1) is 22.2. The molecule has 6 aromatic rings. The van der Waals surface area contributed by atoms with Crippen LogP contribution in [0, 0.1) is 0 Å². The van der Waals surface area contributed by atoms with E-state index in [1.165, 1.54) is 22.8 Å². The maximum absolute atomic E-state index is 13.2. The molecule has 3 N–H and O–H groups in total. The number of nitrogens with zero attached hydrogens (tertiary/aromatic N) is 3. The van der Waals surface area contributed by atoms with Gasteiger partial charge in [-0.3, -0.25) is 4.79 Å². The highest BCUT2D eigenvalue weighted by Gasteiger charge is 2.32. The van der Waals surface area contributed by atoms with E-state index in [9.17, 15) is 4.79 Å². The molecule has 2 aliphatic heterocycles. The third-order valence-corrected chi connectivity index (χ3v) is 9.36. The zero-order valence-electron chi connectivity index (χ0n) is 25.2. The van der Waals surface area contributed by atoms with Gasteiger partial charge < -0.3 is 20.2 Å². The second-order valence-corrected chi connectivity index (χ2v) is 12.2. The summed E-state index contributed by atoms with van der Waals surface area (Å²) < 4.78 is 0. The quantitative estimate of drug-likeness (QED) is 0.178. The molecular formula is C38H36N6O. The zero-order valence-corrected chi connectivity index (χ0v) is 25.2. The van der Waals surface area contributed by atoms with Crippen LogP contribution in [0.25, 0.3) is 44.4 Å². The van der Waals surface area contributed by atoms with Crippen molar-refractivity contribution in [2.24, 2.45) is 0 Å². The van der Waals surface area contributed by atoms with Crippen molar-refractivity contribution in [1.29, 1.82) is 0 Å². The summed E-state index contributed by atoms with van der Waals surface area (Å²) in [4.78, 5) is 31.9. The van der Waals surface area contributed by atoms with Crippen molar-refractivity contribution in [3.8, 4) is 33.6 Å². The van der Waals surface area contributed by atoms with Gasteiger partial charge in [0.25, 0.3) is 0 Å². The lowest BCUT2D eigenvalue weighted by molar-refractivity contribution is -0.131. The van der Waals surface area contributed by atoms with Gasteiger partial charge in [-0.2, -0.15) is 0 Å². The Bertz CT molecular complexity index is 1950. The lowest BCUT2D eigenvalue weighted by Crippen LogP contribution is -2.32. The van der Waals surface area contributed by atoms with Crippen molar-refractivity contribution in [2.45, 2.75) is 44.2 Å². The standard InChI is InChI=1S/C38H36N6O/c45-36(22-25-8-2-1-3-9-25)44-21-7-13-35(44)38-41-23-33(42-38)27-16-14-26(15-17-27)28-18-19-31(30-11-5-4-10-29(28)30)34-24-40-37(43-34)32-12-6-20-39-32/h1-5,8-11,14-19,23-24,32,35,39H,6-7,12-13,20-22H2,(H,40,43)(H,41,42)/t32-,35-/m0/s1. The van der Waals surface area contributed by atoms with Gasteiger partial charge >= 0.3 is 0 Å². The molecule has 224 valence electrons. The average molecular weight is 593 g/mol. The van der Waals surface area contributed by atoms with Crippen molar-refractivity contribution in [3.63, 3.8) is 0 Å². The number of carbonyl (C=O) groups is 1. The summed E-state index contributed by atoms with van der Waals surface area (Å²) in [6.45, 7) is 1.82. The Kier molecular flexibility index (Phi) is 7.23. The summed E-state index contributed by atoms with van der Waals surface area (Å²) in [5.74, 6) is 2.04. The summed E-state index contributed by atoms with van der Waals surface area (Å²) in [5, 5.41) is 5.93. The molecule has 0 unspecified atom stereocenters. The maximum Gasteiger partial charge on any atom is 0.227 e. The third-order valence-electron chi connectivity index (χ3n) is 9.36. The molecule has 45 heavy (non-hydrogen) atoms. The lowest BCUT2D eigenvalue weighted by Gasteiger charge is -2.23. The van der Waals surface area contributed by atoms with Crippen LogP contribution in [0.4, 0.5) is 0 Å². The number of carbonyl (C=O) groups excluding carboxylic acids is 1. The molecule has 0 aliphatic carbocycles. The summed E-state index contributed by atoms with van der Waals surface area (Å²) >= 11 is 0. The number of aromatic nitrogens is 4. The number of fused-ring (bicyclic) bond motifs is 1. The van der Waals surface area contributed by atoms with E-state index in [-0.39, 0.29) is 11.9 Å². The molecule has 8 rings (SSSR count). The fourth-order valence-electron chi connectivity index (χ4n) is 7.04. The normalized spacial score (nSPS) is 18.2. The Hall–Kier alpha value is -5.01. The predicted molar refractivity (Wildman–Crippen MR) is 178 cm³/mol. The average Bonchev–Trinajstić information content (AvgIpc) is 3.91. The van der Waals surface area contributed by atoms with Gasteiger partial charge in [-0.05, 0) is 59.7 Å². The van der Waals surface area contributed by atoms with Gasteiger partial charge in [0.2, 0.25) is 5.91 Å². The number of likely N-dealkylation sites (tertiary alicyclic amines) is 1. The van der Waals surface area contributed by atoms with Crippen LogP contribution in [0.5, 0.6) is 0 Å². The number of hydrogen-bond donors (Lipinski definition) is 3. The summed E-state index contributed by atoms with van der Waals surface area (Å²) in [5.41, 5.74) is 7.45. The zero-order chi connectivity index (χ0) is 30.2. The van der Waals surface area contributed by atoms with Crippen molar-refractivity contribution >= 4 is 16.7 Å². The number of imidazole rings is 2. The summed E-state index contributed by atoms with van der Waals surface area (Å²) in [6.07, 6.45) is 8.64. The number of rotatable bonds is 7. The third kappa shape index (κ3) is 5.34. The topological polar surface area (TPSA) is 89.7 Å².